The zero-order chi connectivity index (χ0) is 25.9. The molecule has 0 aromatic rings. The molecule has 4 aliphatic rings. The molecule has 0 aromatic heterocycles. The van der Waals surface area contributed by atoms with E-state index in [4.69, 9.17) is 8.85 Å². The second-order valence-electron chi connectivity index (χ2n) is 15.4. The van der Waals surface area contributed by atoms with Gasteiger partial charge in [0.1, 0.15) is 0 Å². The van der Waals surface area contributed by atoms with Gasteiger partial charge in [0.25, 0.3) is 0 Å². The summed E-state index contributed by atoms with van der Waals surface area (Å²) in [5, 5.41) is 0. The van der Waals surface area contributed by atoms with Crippen molar-refractivity contribution in [2.45, 2.75) is 179 Å². The third-order valence-corrected chi connectivity index (χ3v) is 12.3. The van der Waals surface area contributed by atoms with Gasteiger partial charge in [-0.3, -0.25) is 0 Å². The van der Waals surface area contributed by atoms with Crippen LogP contribution in [0.15, 0.2) is 0 Å². The first-order valence-corrected chi connectivity index (χ1v) is 23.3. The lowest BCUT2D eigenvalue weighted by Crippen LogP contribution is -2.75. The summed E-state index contributed by atoms with van der Waals surface area (Å²) in [6.45, 7) is 15.1. The maximum atomic E-state index is 8.06. The van der Waals surface area contributed by atoms with Crippen LogP contribution in [0, 0.1) is 23.7 Å². The van der Waals surface area contributed by atoms with Crippen LogP contribution in [-0.2, 0) is 8.85 Å². The highest BCUT2D eigenvalue weighted by molar-refractivity contribution is 6.70. The third-order valence-electron chi connectivity index (χ3n) is 10.4. The third kappa shape index (κ3) is 6.39. The van der Waals surface area contributed by atoms with Crippen molar-refractivity contribution in [1.82, 2.24) is 0 Å². The molecule has 0 bridgehead atoms. The Morgan fingerprint density at radius 3 is 0.722 bits per heavy atom. The molecule has 4 aliphatic carbocycles. The summed E-state index contributed by atoms with van der Waals surface area (Å²) in [6.07, 6.45) is 28.1. The van der Waals surface area contributed by atoms with Crippen molar-refractivity contribution in [3.63, 3.8) is 0 Å². The average molecular weight is 535 g/mol. The zero-order valence-electron chi connectivity index (χ0n) is 25.3. The fraction of sp³-hybridized carbons (Fsp3) is 1.00. The van der Waals surface area contributed by atoms with E-state index in [1.54, 1.807) is 0 Å². The minimum absolute atomic E-state index is 0.0669. The predicted octanol–water partition coefficient (Wildman–Crippen LogP) is 10.5. The molecule has 0 amide bonds. The Kier molecular flexibility index (Phi) is 9.99. The second-order valence-corrected chi connectivity index (χ2v) is 24.2. The smallest absolute Gasteiger partial charge is 0.184 e. The van der Waals surface area contributed by atoms with Crippen LogP contribution in [0.5, 0.6) is 0 Å². The van der Waals surface area contributed by atoms with Gasteiger partial charge < -0.3 is 8.85 Å². The first kappa shape index (κ1) is 29.3. The summed E-state index contributed by atoms with van der Waals surface area (Å²) >= 11 is 0. The molecule has 0 aromatic carbocycles. The van der Waals surface area contributed by atoms with Gasteiger partial charge in [0, 0.05) is 0 Å². The molecular formula is C32H62O2Si2. The molecule has 0 heterocycles. The van der Waals surface area contributed by atoms with Crippen LogP contribution in [-0.4, -0.2) is 27.8 Å². The van der Waals surface area contributed by atoms with Crippen molar-refractivity contribution in [3.05, 3.63) is 0 Å². The highest BCUT2D eigenvalue weighted by Crippen LogP contribution is 2.62. The van der Waals surface area contributed by atoms with Crippen LogP contribution < -0.4 is 0 Å². The van der Waals surface area contributed by atoms with Gasteiger partial charge in [-0.2, -0.15) is 0 Å². The van der Waals surface area contributed by atoms with Crippen molar-refractivity contribution >= 4 is 16.6 Å². The summed E-state index contributed by atoms with van der Waals surface area (Å²) in [5.41, 5.74) is -0.134. The molecule has 0 saturated heterocycles. The topological polar surface area (TPSA) is 18.5 Å². The van der Waals surface area contributed by atoms with Crippen LogP contribution in [0.4, 0.5) is 0 Å². The van der Waals surface area contributed by atoms with E-state index in [9.17, 15) is 0 Å². The Morgan fingerprint density at radius 1 is 0.361 bits per heavy atom. The normalized spacial score (nSPS) is 25.8. The van der Waals surface area contributed by atoms with Gasteiger partial charge >= 0.3 is 0 Å². The summed E-state index contributed by atoms with van der Waals surface area (Å²) in [5.74, 6) is 2.78. The van der Waals surface area contributed by atoms with E-state index >= 15 is 0 Å². The molecule has 0 radical (unpaired) electrons. The van der Waals surface area contributed by atoms with Crippen molar-refractivity contribution in [2.75, 3.05) is 0 Å². The standard InChI is InChI=1S/C32H62O2Si2/c1-35(2,3)33-31(27-19-11-7-12-20-27,28-21-13-8-14-22-28)32(34-36(4,5)6,29-23-15-9-16-24-29)30-25-17-10-18-26-30/h27-30H,7-26H2,1-6H3. The van der Waals surface area contributed by atoms with E-state index in [2.05, 4.69) is 39.3 Å². The van der Waals surface area contributed by atoms with Gasteiger partial charge in [-0.05, 0) is 114 Å². The maximum absolute atomic E-state index is 8.06. The Balaban J connectivity index is 1.99. The summed E-state index contributed by atoms with van der Waals surface area (Å²) in [4.78, 5) is 0. The molecule has 36 heavy (non-hydrogen) atoms. The van der Waals surface area contributed by atoms with Gasteiger partial charge in [0.05, 0.1) is 11.2 Å². The Labute approximate surface area is 227 Å². The Morgan fingerprint density at radius 2 is 0.556 bits per heavy atom. The van der Waals surface area contributed by atoms with E-state index < -0.39 is 16.6 Å². The molecule has 4 saturated carbocycles. The number of hydrogen-bond acceptors (Lipinski definition) is 2. The van der Waals surface area contributed by atoms with Crippen molar-refractivity contribution in [1.29, 1.82) is 0 Å². The summed E-state index contributed by atoms with van der Waals surface area (Å²) in [6, 6.07) is 0. The van der Waals surface area contributed by atoms with Gasteiger partial charge in [-0.1, -0.05) is 77.0 Å². The van der Waals surface area contributed by atoms with E-state index in [-0.39, 0.29) is 11.2 Å². The van der Waals surface area contributed by atoms with E-state index in [0.29, 0.717) is 23.7 Å². The molecule has 0 unspecified atom stereocenters. The van der Waals surface area contributed by atoms with Gasteiger partial charge in [-0.25, -0.2) is 0 Å². The summed E-state index contributed by atoms with van der Waals surface area (Å²) in [7, 11) is -3.67. The number of hydrogen-bond donors (Lipinski definition) is 0. The SMILES string of the molecule is C[Si](C)(C)OC(C1CCCCC1)(C1CCCCC1)C(O[Si](C)(C)C)(C1CCCCC1)C1CCCCC1. The average Bonchev–Trinajstić information content (AvgIpc) is 2.87. The highest BCUT2D eigenvalue weighted by atomic mass is 28.4. The monoisotopic (exact) mass is 534 g/mol. The fourth-order valence-electron chi connectivity index (χ4n) is 9.57. The van der Waals surface area contributed by atoms with Gasteiger partial charge in [-0.15, -0.1) is 0 Å². The lowest BCUT2D eigenvalue weighted by atomic mass is 9.50. The molecule has 4 fully saturated rings. The molecule has 0 atom stereocenters. The van der Waals surface area contributed by atoms with Gasteiger partial charge in [0.15, 0.2) is 16.6 Å². The molecular weight excluding hydrogens is 473 g/mol. The van der Waals surface area contributed by atoms with Crippen LogP contribution in [0.3, 0.4) is 0 Å². The van der Waals surface area contributed by atoms with E-state index in [1.807, 2.05) is 0 Å². The molecule has 2 nitrogen and oxygen atoms in total. The Bertz CT molecular complexity index is 561. The second kappa shape index (κ2) is 12.3. The first-order valence-electron chi connectivity index (χ1n) is 16.5. The lowest BCUT2D eigenvalue weighted by molar-refractivity contribution is -0.253. The fourth-order valence-corrected chi connectivity index (χ4v) is 12.6. The quantitative estimate of drug-likeness (QED) is 0.274. The Hall–Kier alpha value is 0.354. The molecule has 4 rings (SSSR count). The lowest BCUT2D eigenvalue weighted by Gasteiger charge is -2.67. The van der Waals surface area contributed by atoms with Crippen LogP contribution in [0.25, 0.3) is 0 Å². The zero-order valence-corrected chi connectivity index (χ0v) is 27.3. The molecule has 4 heteroatoms. The van der Waals surface area contributed by atoms with Crippen LogP contribution in [0.1, 0.15) is 128 Å². The number of rotatable bonds is 9. The maximum Gasteiger partial charge on any atom is 0.184 e. The van der Waals surface area contributed by atoms with Crippen molar-refractivity contribution in [3.8, 4) is 0 Å². The first-order chi connectivity index (χ1) is 17.1. The van der Waals surface area contributed by atoms with E-state index in [0.717, 1.165) is 0 Å². The molecule has 0 spiro atoms. The van der Waals surface area contributed by atoms with E-state index in [1.165, 1.54) is 128 Å². The van der Waals surface area contributed by atoms with Crippen LogP contribution in [0.2, 0.25) is 39.3 Å². The molecule has 210 valence electrons. The van der Waals surface area contributed by atoms with Crippen LogP contribution >= 0.6 is 0 Å². The largest absolute Gasteiger partial charge is 0.409 e. The summed E-state index contributed by atoms with van der Waals surface area (Å²) < 4.78 is 16.1. The van der Waals surface area contributed by atoms with Crippen molar-refractivity contribution < 1.29 is 8.85 Å². The van der Waals surface area contributed by atoms with Crippen molar-refractivity contribution in [2.24, 2.45) is 23.7 Å². The highest BCUT2D eigenvalue weighted by Gasteiger charge is 2.68. The molecule has 0 aliphatic heterocycles. The molecule has 0 N–H and O–H groups in total. The minimum Gasteiger partial charge on any atom is -0.409 e. The predicted molar refractivity (Wildman–Crippen MR) is 161 cm³/mol. The minimum atomic E-state index is -1.84. The van der Waals surface area contributed by atoms with Gasteiger partial charge in [0.2, 0.25) is 0 Å².